The summed E-state index contributed by atoms with van der Waals surface area (Å²) in [7, 11) is 0. The van der Waals surface area contributed by atoms with Crippen LogP contribution in [0.3, 0.4) is 0 Å². The number of alkyl halides is 3. The van der Waals surface area contributed by atoms with Gasteiger partial charge in [-0.3, -0.25) is 4.79 Å². The predicted octanol–water partition coefficient (Wildman–Crippen LogP) is 4.66. The van der Waals surface area contributed by atoms with Crippen LogP contribution in [-0.2, 0) is 6.18 Å². The summed E-state index contributed by atoms with van der Waals surface area (Å²) in [5.41, 5.74) is -0.909. The summed E-state index contributed by atoms with van der Waals surface area (Å²) < 4.78 is 44.5. The van der Waals surface area contributed by atoms with E-state index < -0.39 is 17.6 Å². The van der Waals surface area contributed by atoms with Gasteiger partial charge in [-0.1, -0.05) is 6.92 Å². The average Bonchev–Trinajstić information content (AvgIpc) is 3.17. The third-order valence-electron chi connectivity index (χ3n) is 3.51. The minimum atomic E-state index is -4.54. The van der Waals surface area contributed by atoms with E-state index in [1.807, 2.05) is 6.92 Å². The SMILES string of the molecule is CCCOc1ccc(C(F)(F)F)cc1NC(=O)c1csc(-c2ncccn2)n1. The number of hydrogen-bond acceptors (Lipinski definition) is 6. The largest absolute Gasteiger partial charge is 0.491 e. The summed E-state index contributed by atoms with van der Waals surface area (Å²) in [6, 6.07) is 4.60. The summed E-state index contributed by atoms with van der Waals surface area (Å²) >= 11 is 1.16. The number of benzene rings is 1. The van der Waals surface area contributed by atoms with Crippen molar-refractivity contribution in [1.82, 2.24) is 15.0 Å². The molecule has 0 radical (unpaired) electrons. The molecule has 0 bridgehead atoms. The smallest absolute Gasteiger partial charge is 0.416 e. The first-order valence-electron chi connectivity index (χ1n) is 8.27. The molecule has 3 aromatic rings. The molecule has 0 saturated heterocycles. The molecule has 0 aliphatic heterocycles. The van der Waals surface area contributed by atoms with Crippen LogP contribution in [0.4, 0.5) is 18.9 Å². The molecule has 1 aromatic carbocycles. The molecule has 28 heavy (non-hydrogen) atoms. The maximum absolute atomic E-state index is 13.0. The molecule has 1 N–H and O–H groups in total. The van der Waals surface area contributed by atoms with Gasteiger partial charge in [0.25, 0.3) is 5.91 Å². The molecule has 3 rings (SSSR count). The Kier molecular flexibility index (Phi) is 5.88. The lowest BCUT2D eigenvalue weighted by atomic mass is 10.1. The Labute approximate surface area is 162 Å². The first kappa shape index (κ1) is 19.7. The Hall–Kier alpha value is -3.01. The first-order valence-corrected chi connectivity index (χ1v) is 9.14. The lowest BCUT2D eigenvalue weighted by Gasteiger charge is -2.14. The molecular formula is C18H15F3N4O2S. The van der Waals surface area contributed by atoms with E-state index >= 15 is 0 Å². The van der Waals surface area contributed by atoms with Crippen LogP contribution in [0.25, 0.3) is 10.8 Å². The molecule has 2 heterocycles. The summed E-state index contributed by atoms with van der Waals surface area (Å²) in [4.78, 5) is 24.8. The van der Waals surface area contributed by atoms with Crippen molar-refractivity contribution in [3.05, 3.63) is 53.3 Å². The number of nitrogens with zero attached hydrogens (tertiary/aromatic N) is 3. The minimum absolute atomic E-state index is 0.0475. The van der Waals surface area contributed by atoms with Crippen LogP contribution in [-0.4, -0.2) is 27.5 Å². The highest BCUT2D eigenvalue weighted by Crippen LogP contribution is 2.35. The molecule has 2 aromatic heterocycles. The molecule has 0 atom stereocenters. The third-order valence-corrected chi connectivity index (χ3v) is 4.35. The highest BCUT2D eigenvalue weighted by molar-refractivity contribution is 7.13. The van der Waals surface area contributed by atoms with E-state index in [9.17, 15) is 18.0 Å². The van der Waals surface area contributed by atoms with Crippen LogP contribution in [0.2, 0.25) is 0 Å². The monoisotopic (exact) mass is 408 g/mol. The lowest BCUT2D eigenvalue weighted by Crippen LogP contribution is -2.15. The normalized spacial score (nSPS) is 11.3. The molecule has 0 aliphatic carbocycles. The number of thiazole rings is 1. The second-order valence-corrected chi connectivity index (χ2v) is 6.48. The lowest BCUT2D eigenvalue weighted by molar-refractivity contribution is -0.137. The maximum Gasteiger partial charge on any atom is 0.416 e. The number of rotatable bonds is 6. The fraction of sp³-hybridized carbons (Fsp3) is 0.222. The topological polar surface area (TPSA) is 77.0 Å². The van der Waals surface area contributed by atoms with Gasteiger partial charge in [0.05, 0.1) is 17.9 Å². The van der Waals surface area contributed by atoms with Gasteiger partial charge in [-0.2, -0.15) is 13.2 Å². The molecule has 146 valence electrons. The Morgan fingerprint density at radius 1 is 1.25 bits per heavy atom. The molecular weight excluding hydrogens is 393 g/mol. The van der Waals surface area contributed by atoms with E-state index in [1.165, 1.54) is 11.4 Å². The van der Waals surface area contributed by atoms with Crippen LogP contribution in [0.5, 0.6) is 5.75 Å². The molecule has 0 aliphatic rings. The molecule has 1 amide bonds. The summed E-state index contributed by atoms with van der Waals surface area (Å²) in [6.45, 7) is 2.17. The predicted molar refractivity (Wildman–Crippen MR) is 98.3 cm³/mol. The van der Waals surface area contributed by atoms with Crippen LogP contribution in [0.1, 0.15) is 29.4 Å². The minimum Gasteiger partial charge on any atom is -0.491 e. The van der Waals surface area contributed by atoms with E-state index in [0.717, 1.165) is 23.5 Å². The molecule has 0 saturated carbocycles. The van der Waals surface area contributed by atoms with Crippen LogP contribution < -0.4 is 10.1 Å². The highest BCUT2D eigenvalue weighted by atomic mass is 32.1. The average molecular weight is 408 g/mol. The van der Waals surface area contributed by atoms with Crippen molar-refractivity contribution in [2.75, 3.05) is 11.9 Å². The number of halogens is 3. The third kappa shape index (κ3) is 4.63. The van der Waals surface area contributed by atoms with Crippen LogP contribution in [0.15, 0.2) is 42.0 Å². The summed E-state index contributed by atoms with van der Waals surface area (Å²) in [6.07, 6.45) is -0.783. The second-order valence-electron chi connectivity index (χ2n) is 5.62. The standard InChI is InChI=1S/C18H15F3N4O2S/c1-2-8-27-14-5-4-11(18(19,20)21)9-12(14)24-16(26)13-10-28-17(25-13)15-22-6-3-7-23-15/h3-7,9-10H,2,8H2,1H3,(H,24,26). The number of carbonyl (C=O) groups is 1. The summed E-state index contributed by atoms with van der Waals surface area (Å²) in [5, 5.41) is 4.37. The van der Waals surface area contributed by atoms with E-state index in [-0.39, 0.29) is 17.1 Å². The molecule has 0 fully saturated rings. The molecule has 6 nitrogen and oxygen atoms in total. The van der Waals surface area contributed by atoms with E-state index in [0.29, 0.717) is 23.9 Å². The Morgan fingerprint density at radius 3 is 2.68 bits per heavy atom. The van der Waals surface area contributed by atoms with Gasteiger partial charge in [0.15, 0.2) is 10.8 Å². The van der Waals surface area contributed by atoms with Crippen molar-refractivity contribution in [2.24, 2.45) is 0 Å². The summed E-state index contributed by atoms with van der Waals surface area (Å²) in [5.74, 6) is -0.137. The van der Waals surface area contributed by atoms with Crippen molar-refractivity contribution in [3.8, 4) is 16.6 Å². The Morgan fingerprint density at radius 2 is 2.00 bits per heavy atom. The van der Waals surface area contributed by atoms with Crippen molar-refractivity contribution < 1.29 is 22.7 Å². The molecule has 10 heteroatoms. The first-order chi connectivity index (χ1) is 13.4. The van der Waals surface area contributed by atoms with Gasteiger partial charge >= 0.3 is 6.18 Å². The van der Waals surface area contributed by atoms with E-state index in [2.05, 4.69) is 20.3 Å². The van der Waals surface area contributed by atoms with Gasteiger partial charge in [0, 0.05) is 17.8 Å². The number of carbonyl (C=O) groups excluding carboxylic acids is 1. The zero-order valence-electron chi connectivity index (χ0n) is 14.7. The maximum atomic E-state index is 13.0. The van der Waals surface area contributed by atoms with Gasteiger partial charge in [0.1, 0.15) is 11.4 Å². The number of hydrogen-bond donors (Lipinski definition) is 1. The zero-order valence-corrected chi connectivity index (χ0v) is 15.5. The molecule has 0 spiro atoms. The van der Waals surface area contributed by atoms with E-state index in [4.69, 9.17) is 4.74 Å². The van der Waals surface area contributed by atoms with Crippen LogP contribution in [0, 0.1) is 0 Å². The van der Waals surface area contributed by atoms with Crippen molar-refractivity contribution >= 4 is 22.9 Å². The number of aromatic nitrogens is 3. The number of amides is 1. The highest BCUT2D eigenvalue weighted by Gasteiger charge is 2.31. The van der Waals surface area contributed by atoms with Gasteiger partial charge in [-0.25, -0.2) is 15.0 Å². The van der Waals surface area contributed by atoms with E-state index in [1.54, 1.807) is 18.5 Å². The number of nitrogens with one attached hydrogen (secondary N) is 1. The second kappa shape index (κ2) is 8.34. The van der Waals surface area contributed by atoms with Gasteiger partial charge in [-0.15, -0.1) is 11.3 Å². The van der Waals surface area contributed by atoms with Gasteiger partial charge in [-0.05, 0) is 30.7 Å². The zero-order chi connectivity index (χ0) is 20.1. The van der Waals surface area contributed by atoms with Crippen molar-refractivity contribution in [2.45, 2.75) is 19.5 Å². The van der Waals surface area contributed by atoms with Crippen molar-refractivity contribution in [1.29, 1.82) is 0 Å². The molecule has 0 unspecified atom stereocenters. The number of anilines is 1. The van der Waals surface area contributed by atoms with Crippen LogP contribution >= 0.6 is 11.3 Å². The van der Waals surface area contributed by atoms with Gasteiger partial charge in [0.2, 0.25) is 0 Å². The fourth-order valence-electron chi connectivity index (χ4n) is 2.22. The van der Waals surface area contributed by atoms with Crippen molar-refractivity contribution in [3.63, 3.8) is 0 Å². The Bertz CT molecular complexity index is 961. The fourth-order valence-corrected chi connectivity index (χ4v) is 2.96. The van der Waals surface area contributed by atoms with Gasteiger partial charge < -0.3 is 10.1 Å². The quantitative estimate of drug-likeness (QED) is 0.642. The Balaban J connectivity index is 1.85. The number of ether oxygens (including phenoxy) is 1.